The molecule has 198 valence electrons. The molecule has 0 spiro atoms. The second-order valence-corrected chi connectivity index (χ2v) is 10.7. The van der Waals surface area contributed by atoms with Gasteiger partial charge in [-0.15, -0.1) is 0 Å². The fourth-order valence-corrected chi connectivity index (χ4v) is 5.93. The van der Waals surface area contributed by atoms with E-state index in [0.717, 1.165) is 47.7 Å². The number of hydrogen-bond donors (Lipinski definition) is 1. The molecule has 1 atom stereocenters. The maximum absolute atomic E-state index is 13.6. The van der Waals surface area contributed by atoms with Crippen molar-refractivity contribution in [2.75, 3.05) is 11.4 Å². The average molecular weight is 532 g/mol. The van der Waals surface area contributed by atoms with Crippen molar-refractivity contribution in [3.8, 4) is 0 Å². The molecule has 3 amide bonds. The number of amides is 3. The molecule has 1 aliphatic heterocycles. The molecule has 1 fully saturated rings. The standard InChI is InChI=1S/C31H34ClN3O3/c1-2-26(30(37)33-24-10-3-4-11-24)35(20-21-15-17-23(32)18-16-21)28(36)14-7-19-34-27-13-6-9-22-8-5-12-25(29(22)27)31(34)38/h5-6,8-9,12-13,15-18,24,26H,2-4,7,10-11,14,19-20H2,1H3,(H,33,37). The van der Waals surface area contributed by atoms with Crippen LogP contribution in [0.1, 0.15) is 67.8 Å². The van der Waals surface area contributed by atoms with Crippen LogP contribution in [0.3, 0.4) is 0 Å². The van der Waals surface area contributed by atoms with Crippen LogP contribution in [0.2, 0.25) is 5.02 Å². The number of benzene rings is 3. The van der Waals surface area contributed by atoms with Crippen LogP contribution in [0.5, 0.6) is 0 Å². The van der Waals surface area contributed by atoms with Crippen molar-refractivity contribution < 1.29 is 14.4 Å². The van der Waals surface area contributed by atoms with Gasteiger partial charge in [0, 0.05) is 41.5 Å². The molecule has 0 bridgehead atoms. The summed E-state index contributed by atoms with van der Waals surface area (Å²) in [5, 5.41) is 5.83. The number of hydrogen-bond acceptors (Lipinski definition) is 3. The minimum atomic E-state index is -0.551. The molecule has 2 aliphatic rings. The zero-order valence-electron chi connectivity index (χ0n) is 21.8. The van der Waals surface area contributed by atoms with Crippen LogP contribution in [0.4, 0.5) is 5.69 Å². The first-order valence-electron chi connectivity index (χ1n) is 13.6. The fourth-order valence-electron chi connectivity index (χ4n) is 5.81. The number of anilines is 1. The number of rotatable bonds is 10. The predicted octanol–water partition coefficient (Wildman–Crippen LogP) is 6.10. The Bertz CT molecular complexity index is 1330. The number of carbonyl (C=O) groups excluding carboxylic acids is 3. The van der Waals surface area contributed by atoms with Crippen molar-refractivity contribution in [3.63, 3.8) is 0 Å². The molecule has 5 rings (SSSR count). The molecule has 1 aliphatic carbocycles. The maximum atomic E-state index is 13.6. The van der Waals surface area contributed by atoms with Crippen molar-refractivity contribution in [1.29, 1.82) is 0 Å². The lowest BCUT2D eigenvalue weighted by Crippen LogP contribution is -2.51. The molecule has 0 aromatic heterocycles. The van der Waals surface area contributed by atoms with Gasteiger partial charge in [0.1, 0.15) is 6.04 Å². The summed E-state index contributed by atoms with van der Waals surface area (Å²) < 4.78 is 0. The summed E-state index contributed by atoms with van der Waals surface area (Å²) in [6.45, 7) is 2.72. The summed E-state index contributed by atoms with van der Waals surface area (Å²) >= 11 is 6.07. The quantitative estimate of drug-likeness (QED) is 0.343. The number of halogens is 1. The first-order valence-corrected chi connectivity index (χ1v) is 14.0. The van der Waals surface area contributed by atoms with E-state index in [-0.39, 0.29) is 30.2 Å². The molecular formula is C31H34ClN3O3. The zero-order valence-corrected chi connectivity index (χ0v) is 22.5. The monoisotopic (exact) mass is 531 g/mol. The largest absolute Gasteiger partial charge is 0.352 e. The Morgan fingerprint density at radius 2 is 1.76 bits per heavy atom. The molecule has 1 N–H and O–H groups in total. The molecule has 1 saturated carbocycles. The molecule has 38 heavy (non-hydrogen) atoms. The molecule has 0 saturated heterocycles. The summed E-state index contributed by atoms with van der Waals surface area (Å²) in [5.41, 5.74) is 2.53. The van der Waals surface area contributed by atoms with Gasteiger partial charge in [-0.2, -0.15) is 0 Å². The predicted molar refractivity (Wildman–Crippen MR) is 151 cm³/mol. The van der Waals surface area contributed by atoms with Crippen molar-refractivity contribution in [3.05, 3.63) is 76.8 Å². The van der Waals surface area contributed by atoms with E-state index in [1.165, 1.54) is 0 Å². The summed E-state index contributed by atoms with van der Waals surface area (Å²) in [6.07, 6.45) is 5.52. The highest BCUT2D eigenvalue weighted by molar-refractivity contribution is 6.30. The van der Waals surface area contributed by atoms with Gasteiger partial charge in [0.15, 0.2) is 0 Å². The second-order valence-electron chi connectivity index (χ2n) is 10.3. The van der Waals surface area contributed by atoms with Crippen LogP contribution in [0, 0.1) is 0 Å². The van der Waals surface area contributed by atoms with Crippen molar-refractivity contribution in [2.24, 2.45) is 0 Å². The van der Waals surface area contributed by atoms with Gasteiger partial charge in [0.2, 0.25) is 11.8 Å². The van der Waals surface area contributed by atoms with E-state index >= 15 is 0 Å². The van der Waals surface area contributed by atoms with E-state index in [2.05, 4.69) is 5.32 Å². The Kier molecular flexibility index (Phi) is 7.98. The Balaban J connectivity index is 1.29. The van der Waals surface area contributed by atoms with Crippen molar-refractivity contribution in [1.82, 2.24) is 10.2 Å². The SMILES string of the molecule is CCC(C(=O)NC1CCCC1)N(Cc1ccc(Cl)cc1)C(=O)CCCN1C(=O)c2cccc3cccc1c23. The lowest BCUT2D eigenvalue weighted by Gasteiger charge is -2.32. The summed E-state index contributed by atoms with van der Waals surface area (Å²) in [7, 11) is 0. The minimum absolute atomic E-state index is 0.0235. The van der Waals surface area contributed by atoms with Crippen LogP contribution in [0.25, 0.3) is 10.8 Å². The minimum Gasteiger partial charge on any atom is -0.352 e. The molecule has 3 aromatic rings. The zero-order chi connectivity index (χ0) is 26.6. The van der Waals surface area contributed by atoms with Gasteiger partial charge < -0.3 is 15.1 Å². The van der Waals surface area contributed by atoms with E-state index in [0.29, 0.717) is 36.5 Å². The third kappa shape index (κ3) is 5.41. The highest BCUT2D eigenvalue weighted by atomic mass is 35.5. The van der Waals surface area contributed by atoms with E-state index in [4.69, 9.17) is 11.6 Å². The lowest BCUT2D eigenvalue weighted by molar-refractivity contribution is -0.141. The van der Waals surface area contributed by atoms with Gasteiger partial charge in [-0.25, -0.2) is 0 Å². The normalized spacial score (nSPS) is 15.7. The van der Waals surface area contributed by atoms with Gasteiger partial charge in [-0.3, -0.25) is 14.4 Å². The third-order valence-electron chi connectivity index (χ3n) is 7.78. The summed E-state index contributed by atoms with van der Waals surface area (Å²) in [4.78, 5) is 43.5. The van der Waals surface area contributed by atoms with Gasteiger partial charge in [0.25, 0.3) is 5.91 Å². The van der Waals surface area contributed by atoms with Gasteiger partial charge in [0.05, 0.1) is 5.69 Å². The van der Waals surface area contributed by atoms with Crippen LogP contribution in [0.15, 0.2) is 60.7 Å². The van der Waals surface area contributed by atoms with Crippen molar-refractivity contribution >= 4 is 45.8 Å². The first-order chi connectivity index (χ1) is 18.5. The number of carbonyl (C=O) groups is 3. The molecular weight excluding hydrogens is 498 g/mol. The molecule has 7 heteroatoms. The highest BCUT2D eigenvalue weighted by Gasteiger charge is 2.32. The van der Waals surface area contributed by atoms with Crippen LogP contribution < -0.4 is 10.2 Å². The van der Waals surface area contributed by atoms with Crippen LogP contribution in [-0.2, 0) is 16.1 Å². The summed E-state index contributed by atoms with van der Waals surface area (Å²) in [5.74, 6) is -0.195. The van der Waals surface area contributed by atoms with Crippen molar-refractivity contribution in [2.45, 2.75) is 70.5 Å². The smallest absolute Gasteiger partial charge is 0.258 e. The topological polar surface area (TPSA) is 69.7 Å². The van der Waals surface area contributed by atoms with Gasteiger partial charge in [-0.05, 0) is 60.9 Å². The summed E-state index contributed by atoms with van der Waals surface area (Å²) in [6, 6.07) is 18.7. The molecule has 1 unspecified atom stereocenters. The third-order valence-corrected chi connectivity index (χ3v) is 8.03. The fraction of sp³-hybridized carbons (Fsp3) is 0.387. The van der Waals surface area contributed by atoms with E-state index in [1.807, 2.05) is 55.5 Å². The maximum Gasteiger partial charge on any atom is 0.258 e. The van der Waals surface area contributed by atoms with E-state index in [1.54, 1.807) is 21.9 Å². The second kappa shape index (κ2) is 11.6. The number of nitrogens with one attached hydrogen (secondary N) is 1. The Morgan fingerprint density at radius 3 is 2.47 bits per heavy atom. The van der Waals surface area contributed by atoms with Crippen LogP contribution in [-0.4, -0.2) is 41.2 Å². The van der Waals surface area contributed by atoms with Gasteiger partial charge >= 0.3 is 0 Å². The molecule has 0 radical (unpaired) electrons. The molecule has 3 aromatic carbocycles. The lowest BCUT2D eigenvalue weighted by atomic mass is 10.1. The van der Waals surface area contributed by atoms with E-state index < -0.39 is 6.04 Å². The Labute approximate surface area is 228 Å². The number of nitrogens with zero attached hydrogens (tertiary/aromatic N) is 2. The Hall–Kier alpha value is -3.38. The highest BCUT2D eigenvalue weighted by Crippen LogP contribution is 2.37. The first kappa shape index (κ1) is 26.2. The average Bonchev–Trinajstić information content (AvgIpc) is 3.53. The Morgan fingerprint density at radius 1 is 1.05 bits per heavy atom. The molecule has 6 nitrogen and oxygen atoms in total. The van der Waals surface area contributed by atoms with Gasteiger partial charge in [-0.1, -0.05) is 67.8 Å². The molecule has 1 heterocycles. The van der Waals surface area contributed by atoms with E-state index in [9.17, 15) is 14.4 Å². The van der Waals surface area contributed by atoms with Crippen LogP contribution >= 0.6 is 11.6 Å².